The van der Waals surface area contributed by atoms with Gasteiger partial charge in [0.15, 0.2) is 5.84 Å². The van der Waals surface area contributed by atoms with Crippen LogP contribution in [-0.4, -0.2) is 31.8 Å². The van der Waals surface area contributed by atoms with Crippen LogP contribution in [0.5, 0.6) is 0 Å². The molecule has 2 aromatic carbocycles. The smallest absolute Gasteiger partial charge is 0.284 e. The number of sulfonamides is 1. The molecule has 148 valence electrons. The van der Waals surface area contributed by atoms with Crippen molar-refractivity contribution in [3.8, 4) is 0 Å². The summed E-state index contributed by atoms with van der Waals surface area (Å²) in [6.45, 7) is 0. The highest BCUT2D eigenvalue weighted by Crippen LogP contribution is 2.23. The lowest BCUT2D eigenvalue weighted by atomic mass is 9.98. The first-order valence-corrected chi connectivity index (χ1v) is 12.0. The van der Waals surface area contributed by atoms with Crippen molar-refractivity contribution >= 4 is 32.9 Å². The summed E-state index contributed by atoms with van der Waals surface area (Å²) < 4.78 is 35.6. The Morgan fingerprint density at radius 1 is 0.964 bits per heavy atom. The minimum absolute atomic E-state index is 0.128. The minimum atomic E-state index is -3.88. The van der Waals surface area contributed by atoms with E-state index in [1.165, 1.54) is 30.3 Å². The predicted octanol–water partition coefficient (Wildman–Crippen LogP) is 4.89. The van der Waals surface area contributed by atoms with Crippen LogP contribution in [0, 0.1) is 0 Å². The summed E-state index contributed by atoms with van der Waals surface area (Å²) in [4.78, 5) is 4.63. The van der Waals surface area contributed by atoms with E-state index in [0.717, 1.165) is 25.7 Å². The van der Waals surface area contributed by atoms with Gasteiger partial charge in [0, 0.05) is 5.56 Å². The molecule has 0 spiro atoms. The van der Waals surface area contributed by atoms with Gasteiger partial charge in [-0.2, -0.15) is 13.4 Å². The zero-order valence-electron chi connectivity index (χ0n) is 15.8. The van der Waals surface area contributed by atoms with Crippen molar-refractivity contribution < 1.29 is 13.2 Å². The molecule has 1 aliphatic rings. The predicted molar refractivity (Wildman–Crippen MR) is 116 cm³/mol. The summed E-state index contributed by atoms with van der Waals surface area (Å²) in [5, 5.41) is 0.442. The van der Waals surface area contributed by atoms with E-state index in [4.69, 9.17) is 4.74 Å². The number of hydrogen-bond acceptors (Lipinski definition) is 4. The molecule has 0 radical (unpaired) electrons. The number of nitrogens with zero attached hydrogens (tertiary/aromatic N) is 2. The van der Waals surface area contributed by atoms with Crippen LogP contribution in [0.1, 0.15) is 37.7 Å². The van der Waals surface area contributed by atoms with Gasteiger partial charge in [-0.05, 0) is 44.1 Å². The van der Waals surface area contributed by atoms with E-state index in [-0.39, 0.29) is 16.8 Å². The monoisotopic (exact) mass is 416 g/mol. The number of hydrogen-bond donors (Lipinski definition) is 0. The van der Waals surface area contributed by atoms with Crippen molar-refractivity contribution in [1.82, 2.24) is 0 Å². The molecule has 5 nitrogen and oxygen atoms in total. The van der Waals surface area contributed by atoms with Crippen LogP contribution in [0.2, 0.25) is 0 Å². The molecule has 1 saturated carbocycles. The number of rotatable bonds is 4. The van der Waals surface area contributed by atoms with E-state index in [1.807, 2.05) is 24.5 Å². The lowest BCUT2D eigenvalue weighted by Gasteiger charge is -2.23. The molecule has 0 N–H and O–H groups in total. The van der Waals surface area contributed by atoms with Crippen LogP contribution in [-0.2, 0) is 14.8 Å². The Labute approximate surface area is 171 Å². The fourth-order valence-corrected chi connectivity index (χ4v) is 4.41. The van der Waals surface area contributed by atoms with Gasteiger partial charge in [0.2, 0.25) is 0 Å². The lowest BCUT2D eigenvalue weighted by Crippen LogP contribution is -2.20. The van der Waals surface area contributed by atoms with E-state index < -0.39 is 10.0 Å². The van der Waals surface area contributed by atoms with Gasteiger partial charge in [-0.1, -0.05) is 66.7 Å². The molecule has 0 bridgehead atoms. The van der Waals surface area contributed by atoms with Gasteiger partial charge >= 0.3 is 0 Å². The average Bonchev–Trinajstić information content (AvgIpc) is 2.74. The zero-order valence-corrected chi connectivity index (χ0v) is 17.5. The number of aliphatic imine (C=N–C) groups is 1. The molecule has 1 aliphatic carbocycles. The van der Waals surface area contributed by atoms with Gasteiger partial charge < -0.3 is 4.74 Å². The Balaban J connectivity index is 1.97. The highest BCUT2D eigenvalue weighted by atomic mass is 32.2. The van der Waals surface area contributed by atoms with Crippen molar-refractivity contribution in [1.29, 1.82) is 0 Å². The first-order chi connectivity index (χ1) is 13.6. The largest absolute Gasteiger partial charge is 0.469 e. The molecule has 0 saturated heterocycles. The molecule has 7 heteroatoms. The maximum Gasteiger partial charge on any atom is 0.284 e. The first-order valence-electron chi connectivity index (χ1n) is 9.33. The fraction of sp³-hybridized carbons (Fsp3) is 0.333. The summed E-state index contributed by atoms with van der Waals surface area (Å²) in [6, 6.07) is 17.3. The van der Waals surface area contributed by atoms with E-state index in [1.54, 1.807) is 30.3 Å². The third kappa shape index (κ3) is 5.69. The van der Waals surface area contributed by atoms with Crippen molar-refractivity contribution in [3.63, 3.8) is 0 Å². The summed E-state index contributed by atoms with van der Waals surface area (Å²) in [5.74, 6) is 0.129. The molecule has 0 heterocycles. The molecule has 0 aliphatic heterocycles. The third-order valence-corrected chi connectivity index (χ3v) is 6.29. The van der Waals surface area contributed by atoms with E-state index in [0.29, 0.717) is 10.8 Å². The SMILES string of the molecule is CSC(=N/C(=N\S(=O)(=O)c1ccccc1)c1ccccc1)OC1CCCCC1. The lowest BCUT2D eigenvalue weighted by molar-refractivity contribution is 0.149. The van der Waals surface area contributed by atoms with Crippen LogP contribution >= 0.6 is 11.8 Å². The van der Waals surface area contributed by atoms with Gasteiger partial charge in [0.25, 0.3) is 15.3 Å². The Morgan fingerprint density at radius 2 is 1.57 bits per heavy atom. The topological polar surface area (TPSA) is 68.1 Å². The van der Waals surface area contributed by atoms with Gasteiger partial charge in [0.1, 0.15) is 6.10 Å². The molecule has 0 atom stereocenters. The number of ether oxygens (including phenoxy) is 1. The quantitative estimate of drug-likeness (QED) is 0.526. The second-order valence-corrected chi connectivity index (χ2v) is 8.89. The summed E-state index contributed by atoms with van der Waals surface area (Å²) in [5.41, 5.74) is 0.626. The molecule has 0 unspecified atom stereocenters. The van der Waals surface area contributed by atoms with Crippen molar-refractivity contribution in [2.75, 3.05) is 6.26 Å². The highest BCUT2D eigenvalue weighted by Gasteiger charge is 2.19. The molecule has 3 rings (SSSR count). The minimum Gasteiger partial charge on any atom is -0.469 e. The van der Waals surface area contributed by atoms with Crippen LogP contribution in [0.15, 0.2) is 74.9 Å². The van der Waals surface area contributed by atoms with Crippen LogP contribution in [0.25, 0.3) is 0 Å². The van der Waals surface area contributed by atoms with Crippen LogP contribution in [0.3, 0.4) is 0 Å². The van der Waals surface area contributed by atoms with Crippen LogP contribution < -0.4 is 0 Å². The molecule has 28 heavy (non-hydrogen) atoms. The second-order valence-electron chi connectivity index (χ2n) is 6.53. The number of amidine groups is 1. The standard InChI is InChI=1S/C21H24N2O3S2/c1-27-21(26-18-13-7-3-8-14-18)22-20(17-11-5-2-6-12-17)23-28(24,25)19-15-9-4-10-16-19/h2,4-6,9-12,15-16,18H,3,7-8,13-14H2,1H3/b22-21?,23-20-. The van der Waals surface area contributed by atoms with Crippen molar-refractivity contribution in [2.45, 2.75) is 43.1 Å². The normalized spacial score (nSPS) is 16.8. The Morgan fingerprint density at radius 3 is 2.18 bits per heavy atom. The zero-order chi connectivity index (χ0) is 19.8. The van der Waals surface area contributed by atoms with Crippen molar-refractivity contribution in [2.24, 2.45) is 9.39 Å². The summed E-state index contributed by atoms with van der Waals surface area (Å²) >= 11 is 1.36. The third-order valence-electron chi connectivity index (χ3n) is 4.47. The first kappa shape index (κ1) is 20.6. The Kier molecular flexibility index (Phi) is 7.28. The average molecular weight is 417 g/mol. The van der Waals surface area contributed by atoms with E-state index in [9.17, 15) is 8.42 Å². The number of thioether (sulfide) groups is 1. The maximum absolute atomic E-state index is 12.8. The summed E-state index contributed by atoms with van der Waals surface area (Å²) in [7, 11) is -3.88. The molecule has 2 aromatic rings. The fourth-order valence-electron chi connectivity index (χ4n) is 3.02. The van der Waals surface area contributed by atoms with Gasteiger partial charge in [-0.25, -0.2) is 0 Å². The number of benzene rings is 2. The van der Waals surface area contributed by atoms with Crippen molar-refractivity contribution in [3.05, 3.63) is 66.2 Å². The maximum atomic E-state index is 12.8. The molecule has 0 aromatic heterocycles. The Hall–Kier alpha value is -2.12. The Bertz CT molecular complexity index is 921. The van der Waals surface area contributed by atoms with Gasteiger partial charge in [-0.3, -0.25) is 0 Å². The van der Waals surface area contributed by atoms with E-state index in [2.05, 4.69) is 9.39 Å². The van der Waals surface area contributed by atoms with E-state index >= 15 is 0 Å². The molecule has 0 amide bonds. The summed E-state index contributed by atoms with van der Waals surface area (Å²) in [6.07, 6.45) is 7.53. The van der Waals surface area contributed by atoms with Gasteiger partial charge in [0.05, 0.1) is 4.90 Å². The molecular formula is C21H24N2O3S2. The highest BCUT2D eigenvalue weighted by molar-refractivity contribution is 8.13. The second kappa shape index (κ2) is 9.89. The van der Waals surface area contributed by atoms with Crippen LogP contribution in [0.4, 0.5) is 0 Å². The molecular weight excluding hydrogens is 392 g/mol. The van der Waals surface area contributed by atoms with Gasteiger partial charge in [-0.15, -0.1) is 4.40 Å². The molecule has 1 fully saturated rings.